The lowest BCUT2D eigenvalue weighted by molar-refractivity contribution is 0.180. The molecule has 1 heterocycles. The summed E-state index contributed by atoms with van der Waals surface area (Å²) in [5.41, 5.74) is 1.32. The highest BCUT2D eigenvalue weighted by Gasteiger charge is 2.28. The van der Waals surface area contributed by atoms with Gasteiger partial charge in [-0.25, -0.2) is 0 Å². The van der Waals surface area contributed by atoms with Gasteiger partial charge in [0.25, 0.3) is 0 Å². The van der Waals surface area contributed by atoms with Crippen molar-refractivity contribution in [3.05, 3.63) is 29.8 Å². The molecule has 0 saturated heterocycles. The maximum Gasteiger partial charge on any atom is 0.124 e. The summed E-state index contributed by atoms with van der Waals surface area (Å²) in [7, 11) is 0. The normalized spacial score (nSPS) is 23.2. The van der Waals surface area contributed by atoms with Gasteiger partial charge in [0.05, 0.1) is 6.61 Å². The predicted molar refractivity (Wildman–Crippen MR) is 85.1 cm³/mol. The monoisotopic (exact) mass is 275 g/mol. The van der Waals surface area contributed by atoms with Crippen molar-refractivity contribution in [1.29, 1.82) is 0 Å². The average molecular weight is 275 g/mol. The van der Waals surface area contributed by atoms with E-state index >= 15 is 0 Å². The van der Waals surface area contributed by atoms with Gasteiger partial charge in [0.15, 0.2) is 0 Å². The first-order valence-corrected chi connectivity index (χ1v) is 8.05. The molecular weight excluding hydrogens is 246 g/mol. The summed E-state index contributed by atoms with van der Waals surface area (Å²) in [6, 6.07) is 9.43. The summed E-state index contributed by atoms with van der Waals surface area (Å²) in [6.07, 6.45) is 3.89. The Kier molecular flexibility index (Phi) is 5.47. The molecule has 0 aromatic heterocycles. The first-order valence-electron chi connectivity index (χ1n) is 8.05. The van der Waals surface area contributed by atoms with Crippen LogP contribution in [0.1, 0.15) is 58.6 Å². The zero-order valence-corrected chi connectivity index (χ0v) is 13.4. The standard InChI is InChI=1S/C18H29NO/c1-13(2)8-7-9-15(4)19-18-14(3)12-20-17-11-6-5-10-16(17)18/h5-6,10-11,13-15,18-19H,7-9,12H2,1-4H3. The van der Waals surface area contributed by atoms with Gasteiger partial charge in [0.1, 0.15) is 5.75 Å². The van der Waals surface area contributed by atoms with Crippen LogP contribution in [0.4, 0.5) is 0 Å². The van der Waals surface area contributed by atoms with Crippen molar-refractivity contribution in [2.75, 3.05) is 6.61 Å². The third kappa shape index (κ3) is 3.99. The maximum absolute atomic E-state index is 5.82. The van der Waals surface area contributed by atoms with Crippen LogP contribution >= 0.6 is 0 Å². The Bertz CT molecular complexity index is 416. The van der Waals surface area contributed by atoms with Crippen LogP contribution in [0.2, 0.25) is 0 Å². The predicted octanol–water partition coefficient (Wildman–Crippen LogP) is 4.56. The minimum atomic E-state index is 0.425. The van der Waals surface area contributed by atoms with Gasteiger partial charge >= 0.3 is 0 Å². The van der Waals surface area contributed by atoms with Crippen LogP contribution in [-0.2, 0) is 0 Å². The van der Waals surface area contributed by atoms with E-state index in [-0.39, 0.29) is 0 Å². The summed E-state index contributed by atoms with van der Waals surface area (Å²) in [5, 5.41) is 3.82. The van der Waals surface area contributed by atoms with Gasteiger partial charge in [-0.15, -0.1) is 0 Å². The summed E-state index contributed by atoms with van der Waals surface area (Å²) in [6.45, 7) is 10.00. The molecule has 0 fully saturated rings. The van der Waals surface area contributed by atoms with Crippen LogP contribution < -0.4 is 10.1 Å². The lowest BCUT2D eigenvalue weighted by atomic mass is 9.91. The van der Waals surface area contributed by atoms with Gasteiger partial charge in [-0.05, 0) is 25.3 Å². The molecule has 0 bridgehead atoms. The number of ether oxygens (including phenoxy) is 1. The summed E-state index contributed by atoms with van der Waals surface area (Å²) < 4.78 is 5.82. The highest BCUT2D eigenvalue weighted by Crippen LogP contribution is 2.35. The number of nitrogens with one attached hydrogen (secondary N) is 1. The first-order chi connectivity index (χ1) is 9.58. The number of rotatable bonds is 6. The number of hydrogen-bond donors (Lipinski definition) is 1. The molecule has 0 spiro atoms. The Hall–Kier alpha value is -1.02. The quantitative estimate of drug-likeness (QED) is 0.821. The second kappa shape index (κ2) is 7.12. The van der Waals surface area contributed by atoms with Crippen molar-refractivity contribution in [3.8, 4) is 5.75 Å². The fourth-order valence-corrected chi connectivity index (χ4v) is 2.97. The molecule has 112 valence electrons. The first kappa shape index (κ1) is 15.4. The second-order valence-electron chi connectivity index (χ2n) is 6.70. The molecule has 3 unspecified atom stereocenters. The van der Waals surface area contributed by atoms with Crippen LogP contribution in [0.5, 0.6) is 5.75 Å². The van der Waals surface area contributed by atoms with E-state index in [0.29, 0.717) is 18.0 Å². The molecule has 20 heavy (non-hydrogen) atoms. The van der Waals surface area contributed by atoms with Crippen molar-refractivity contribution < 1.29 is 4.74 Å². The molecule has 1 aromatic carbocycles. The molecule has 1 aliphatic rings. The fraction of sp³-hybridized carbons (Fsp3) is 0.667. The summed E-state index contributed by atoms with van der Waals surface area (Å²) >= 11 is 0. The molecule has 2 heteroatoms. The molecule has 1 aliphatic heterocycles. The Morgan fingerprint density at radius 3 is 2.70 bits per heavy atom. The third-order valence-corrected chi connectivity index (χ3v) is 4.21. The van der Waals surface area contributed by atoms with E-state index in [1.165, 1.54) is 24.8 Å². The molecule has 2 rings (SSSR count). The number of para-hydroxylation sites is 1. The highest BCUT2D eigenvalue weighted by molar-refractivity contribution is 5.38. The molecule has 1 N–H and O–H groups in total. The average Bonchev–Trinajstić information content (AvgIpc) is 2.41. The molecule has 0 radical (unpaired) electrons. The topological polar surface area (TPSA) is 21.3 Å². The molecule has 0 saturated carbocycles. The second-order valence-corrected chi connectivity index (χ2v) is 6.70. The van der Waals surface area contributed by atoms with Gasteiger partial charge in [-0.3, -0.25) is 0 Å². The minimum Gasteiger partial charge on any atom is -0.493 e. The Balaban J connectivity index is 1.94. The molecular formula is C18H29NO. The lowest BCUT2D eigenvalue weighted by Gasteiger charge is -2.34. The van der Waals surface area contributed by atoms with Crippen molar-refractivity contribution >= 4 is 0 Å². The van der Waals surface area contributed by atoms with Crippen LogP contribution in [0.15, 0.2) is 24.3 Å². The van der Waals surface area contributed by atoms with Crippen molar-refractivity contribution in [2.45, 2.75) is 59.0 Å². The molecule has 2 nitrogen and oxygen atoms in total. The van der Waals surface area contributed by atoms with E-state index in [0.717, 1.165) is 18.3 Å². The van der Waals surface area contributed by atoms with E-state index in [1.807, 2.05) is 0 Å². The SMILES string of the molecule is CC(C)CCCC(C)NC1c2ccccc2OCC1C. The molecule has 0 aliphatic carbocycles. The van der Waals surface area contributed by atoms with E-state index in [1.54, 1.807) is 0 Å². The lowest BCUT2D eigenvalue weighted by Crippen LogP contribution is -2.38. The van der Waals surface area contributed by atoms with Gasteiger partial charge in [0, 0.05) is 23.6 Å². The van der Waals surface area contributed by atoms with Crippen molar-refractivity contribution in [2.24, 2.45) is 11.8 Å². The van der Waals surface area contributed by atoms with Crippen LogP contribution in [-0.4, -0.2) is 12.6 Å². The van der Waals surface area contributed by atoms with E-state index < -0.39 is 0 Å². The smallest absolute Gasteiger partial charge is 0.124 e. The molecule has 3 atom stereocenters. The number of fused-ring (bicyclic) bond motifs is 1. The summed E-state index contributed by atoms with van der Waals surface area (Å²) in [5.74, 6) is 2.39. The fourth-order valence-electron chi connectivity index (χ4n) is 2.97. The molecule has 1 aromatic rings. The van der Waals surface area contributed by atoms with Gasteiger partial charge in [-0.2, -0.15) is 0 Å². The largest absolute Gasteiger partial charge is 0.493 e. The van der Waals surface area contributed by atoms with E-state index in [2.05, 4.69) is 57.3 Å². The van der Waals surface area contributed by atoms with Crippen LogP contribution in [0.25, 0.3) is 0 Å². The van der Waals surface area contributed by atoms with Crippen LogP contribution in [0.3, 0.4) is 0 Å². The number of hydrogen-bond acceptors (Lipinski definition) is 2. The minimum absolute atomic E-state index is 0.425. The Labute approximate surface area is 123 Å². The van der Waals surface area contributed by atoms with Gasteiger partial charge in [-0.1, -0.05) is 51.8 Å². The van der Waals surface area contributed by atoms with Gasteiger partial charge in [0.2, 0.25) is 0 Å². The third-order valence-electron chi connectivity index (χ3n) is 4.21. The van der Waals surface area contributed by atoms with E-state index in [9.17, 15) is 0 Å². The van der Waals surface area contributed by atoms with Crippen molar-refractivity contribution in [3.63, 3.8) is 0 Å². The maximum atomic E-state index is 5.82. The summed E-state index contributed by atoms with van der Waals surface area (Å²) in [4.78, 5) is 0. The highest BCUT2D eigenvalue weighted by atomic mass is 16.5. The van der Waals surface area contributed by atoms with Crippen LogP contribution in [0, 0.1) is 11.8 Å². The van der Waals surface area contributed by atoms with Gasteiger partial charge < -0.3 is 10.1 Å². The Morgan fingerprint density at radius 2 is 1.95 bits per heavy atom. The Morgan fingerprint density at radius 1 is 1.20 bits per heavy atom. The zero-order valence-electron chi connectivity index (χ0n) is 13.4. The van der Waals surface area contributed by atoms with E-state index in [4.69, 9.17) is 4.74 Å². The molecule has 0 amide bonds. The van der Waals surface area contributed by atoms with Crippen molar-refractivity contribution in [1.82, 2.24) is 5.32 Å². The number of benzene rings is 1. The zero-order chi connectivity index (χ0) is 14.5.